The molecule has 0 bridgehead atoms. The van der Waals surface area contributed by atoms with E-state index in [4.69, 9.17) is 4.74 Å². The van der Waals surface area contributed by atoms with E-state index in [2.05, 4.69) is 38.1 Å². The Morgan fingerprint density at radius 3 is 1.94 bits per heavy atom. The smallest absolute Gasteiger partial charge is 0.309 e. The number of benzene rings is 1. The number of aryl methyl sites for hydroxylation is 1. The number of rotatable bonds is 8. The van der Waals surface area contributed by atoms with E-state index < -0.39 is 0 Å². The second-order valence-corrected chi connectivity index (χ2v) is 11.6. The lowest BCUT2D eigenvalue weighted by atomic mass is 9.70. The van der Waals surface area contributed by atoms with Crippen molar-refractivity contribution in [2.45, 2.75) is 129 Å². The first-order valence-corrected chi connectivity index (χ1v) is 14.5. The van der Waals surface area contributed by atoms with Crippen LogP contribution in [-0.4, -0.2) is 12.1 Å². The highest BCUT2D eigenvalue weighted by Crippen LogP contribution is 2.42. The molecule has 0 heterocycles. The third-order valence-electron chi connectivity index (χ3n) is 9.31. The summed E-state index contributed by atoms with van der Waals surface area (Å²) >= 11 is 0. The molecule has 0 radical (unpaired) electrons. The molecule has 0 atom stereocenters. The van der Waals surface area contributed by atoms with E-state index in [1.165, 1.54) is 75.3 Å². The maximum Gasteiger partial charge on any atom is 0.309 e. The Bertz CT molecular complexity index is 699. The van der Waals surface area contributed by atoms with Gasteiger partial charge in [0.15, 0.2) is 0 Å². The Hall–Kier alpha value is -1.31. The average molecular weight is 453 g/mol. The van der Waals surface area contributed by atoms with Crippen molar-refractivity contribution in [3.8, 4) is 0 Å². The molecular weight excluding hydrogens is 404 g/mol. The first kappa shape index (κ1) is 24.8. The summed E-state index contributed by atoms with van der Waals surface area (Å²) in [6, 6.07) is 9.24. The van der Waals surface area contributed by atoms with Gasteiger partial charge in [-0.2, -0.15) is 0 Å². The van der Waals surface area contributed by atoms with Crippen LogP contribution >= 0.6 is 0 Å². The molecule has 2 nitrogen and oxygen atoms in total. The minimum atomic E-state index is 0.107. The summed E-state index contributed by atoms with van der Waals surface area (Å²) in [5, 5.41) is 0. The van der Waals surface area contributed by atoms with Gasteiger partial charge >= 0.3 is 5.97 Å². The van der Waals surface area contributed by atoms with E-state index >= 15 is 0 Å². The van der Waals surface area contributed by atoms with Gasteiger partial charge in [0.25, 0.3) is 0 Å². The number of hydrogen-bond donors (Lipinski definition) is 0. The maximum absolute atomic E-state index is 12.9. The topological polar surface area (TPSA) is 26.3 Å². The van der Waals surface area contributed by atoms with Crippen molar-refractivity contribution in [2.24, 2.45) is 23.7 Å². The zero-order chi connectivity index (χ0) is 23.0. The van der Waals surface area contributed by atoms with Crippen molar-refractivity contribution in [2.75, 3.05) is 0 Å². The van der Waals surface area contributed by atoms with Crippen LogP contribution in [0.4, 0.5) is 0 Å². The highest BCUT2D eigenvalue weighted by molar-refractivity contribution is 5.72. The van der Waals surface area contributed by atoms with Gasteiger partial charge in [-0.25, -0.2) is 0 Å². The molecule has 3 fully saturated rings. The summed E-state index contributed by atoms with van der Waals surface area (Å²) in [7, 11) is 0. The summed E-state index contributed by atoms with van der Waals surface area (Å²) in [5.41, 5.74) is 2.90. The largest absolute Gasteiger partial charge is 0.462 e. The number of hydrogen-bond acceptors (Lipinski definition) is 2. The molecule has 3 aliphatic carbocycles. The van der Waals surface area contributed by atoms with Gasteiger partial charge in [0.05, 0.1) is 5.92 Å². The standard InChI is InChI=1S/C31H48O2/c1-3-5-23-7-11-25(12-8-23)27-15-17-29(18-16-27)31(32)33-30-21-19-28(20-22-30)26-13-9-24(6-4-2)10-14-26/h7-8,11-12,24,26-30H,3-6,9-10,13-22H2,1-2H3. The lowest BCUT2D eigenvalue weighted by molar-refractivity contribution is -0.157. The third-order valence-corrected chi connectivity index (χ3v) is 9.31. The van der Waals surface area contributed by atoms with Crippen molar-refractivity contribution in [1.29, 1.82) is 0 Å². The minimum Gasteiger partial charge on any atom is -0.462 e. The molecular formula is C31H48O2. The van der Waals surface area contributed by atoms with Crippen LogP contribution in [0.5, 0.6) is 0 Å². The van der Waals surface area contributed by atoms with E-state index in [-0.39, 0.29) is 18.0 Å². The van der Waals surface area contributed by atoms with Crippen LogP contribution in [0.3, 0.4) is 0 Å². The van der Waals surface area contributed by atoms with Crippen LogP contribution in [0, 0.1) is 23.7 Å². The molecule has 0 saturated heterocycles. The first-order chi connectivity index (χ1) is 16.2. The summed E-state index contributed by atoms with van der Waals surface area (Å²) < 4.78 is 6.06. The molecule has 0 aromatic heterocycles. The van der Waals surface area contributed by atoms with Gasteiger partial charge in [-0.3, -0.25) is 4.79 Å². The fraction of sp³-hybridized carbons (Fsp3) is 0.774. The van der Waals surface area contributed by atoms with E-state index in [0.717, 1.165) is 56.3 Å². The second-order valence-electron chi connectivity index (χ2n) is 11.6. The molecule has 2 heteroatoms. The molecule has 0 amide bonds. The van der Waals surface area contributed by atoms with Crippen LogP contribution in [0.25, 0.3) is 0 Å². The molecule has 4 rings (SSSR count). The van der Waals surface area contributed by atoms with Crippen LogP contribution in [0.2, 0.25) is 0 Å². The SMILES string of the molecule is CCCc1ccc(C2CCC(C(=O)OC3CCC(C4CCC(CCC)CC4)CC3)CC2)cc1. The van der Waals surface area contributed by atoms with Gasteiger partial charge in [0.2, 0.25) is 0 Å². The van der Waals surface area contributed by atoms with Crippen LogP contribution in [0.15, 0.2) is 24.3 Å². The maximum atomic E-state index is 12.9. The zero-order valence-electron chi connectivity index (χ0n) is 21.4. The Kier molecular flexibility index (Phi) is 9.33. The van der Waals surface area contributed by atoms with E-state index in [0.29, 0.717) is 5.92 Å². The number of esters is 1. The van der Waals surface area contributed by atoms with E-state index in [9.17, 15) is 4.79 Å². The average Bonchev–Trinajstić information content (AvgIpc) is 2.86. The van der Waals surface area contributed by atoms with Crippen LogP contribution in [-0.2, 0) is 16.0 Å². The van der Waals surface area contributed by atoms with Gasteiger partial charge in [-0.15, -0.1) is 0 Å². The molecule has 33 heavy (non-hydrogen) atoms. The molecule has 184 valence electrons. The third kappa shape index (κ3) is 6.86. The Morgan fingerprint density at radius 2 is 1.36 bits per heavy atom. The molecule has 3 aliphatic rings. The Morgan fingerprint density at radius 1 is 0.758 bits per heavy atom. The lowest BCUT2D eigenvalue weighted by Crippen LogP contribution is -2.32. The van der Waals surface area contributed by atoms with Crippen LogP contribution < -0.4 is 0 Å². The van der Waals surface area contributed by atoms with Crippen molar-refractivity contribution < 1.29 is 9.53 Å². The van der Waals surface area contributed by atoms with E-state index in [1.807, 2.05) is 0 Å². The lowest BCUT2D eigenvalue weighted by Gasteiger charge is -2.38. The molecule has 1 aromatic carbocycles. The van der Waals surface area contributed by atoms with Crippen molar-refractivity contribution in [3.63, 3.8) is 0 Å². The van der Waals surface area contributed by atoms with Gasteiger partial charge in [-0.05, 0) is 105 Å². The van der Waals surface area contributed by atoms with Crippen molar-refractivity contribution >= 4 is 5.97 Å². The number of ether oxygens (including phenoxy) is 1. The van der Waals surface area contributed by atoms with Gasteiger partial charge in [0.1, 0.15) is 6.10 Å². The Balaban J connectivity index is 1.15. The Labute approximate surface area is 203 Å². The molecule has 0 aliphatic heterocycles. The highest BCUT2D eigenvalue weighted by Gasteiger charge is 2.34. The van der Waals surface area contributed by atoms with Crippen LogP contribution in [0.1, 0.15) is 127 Å². The van der Waals surface area contributed by atoms with Gasteiger partial charge < -0.3 is 4.74 Å². The predicted octanol–water partition coefficient (Wildman–Crippen LogP) is 8.62. The number of carbonyl (C=O) groups excluding carboxylic acids is 1. The predicted molar refractivity (Wildman–Crippen MR) is 137 cm³/mol. The highest BCUT2D eigenvalue weighted by atomic mass is 16.5. The normalized spacial score (nSPS) is 32.9. The summed E-state index contributed by atoms with van der Waals surface area (Å²) in [5.74, 6) is 3.69. The van der Waals surface area contributed by atoms with Crippen molar-refractivity contribution in [1.82, 2.24) is 0 Å². The summed E-state index contributed by atoms with van der Waals surface area (Å²) in [6.07, 6.45) is 20.2. The van der Waals surface area contributed by atoms with Crippen molar-refractivity contribution in [3.05, 3.63) is 35.4 Å². The quantitative estimate of drug-likeness (QED) is 0.369. The minimum absolute atomic E-state index is 0.107. The summed E-state index contributed by atoms with van der Waals surface area (Å²) in [4.78, 5) is 12.9. The zero-order valence-corrected chi connectivity index (χ0v) is 21.4. The molecule has 3 saturated carbocycles. The number of carbonyl (C=O) groups is 1. The molecule has 1 aromatic rings. The first-order valence-electron chi connectivity index (χ1n) is 14.5. The monoisotopic (exact) mass is 452 g/mol. The fourth-order valence-corrected chi connectivity index (χ4v) is 7.20. The van der Waals surface area contributed by atoms with Gasteiger partial charge in [-0.1, -0.05) is 70.2 Å². The van der Waals surface area contributed by atoms with E-state index in [1.54, 1.807) is 0 Å². The fourth-order valence-electron chi connectivity index (χ4n) is 7.20. The molecule has 0 unspecified atom stereocenters. The summed E-state index contributed by atoms with van der Waals surface area (Å²) in [6.45, 7) is 4.56. The molecule has 0 N–H and O–H groups in total. The second kappa shape index (κ2) is 12.4. The van der Waals surface area contributed by atoms with Gasteiger partial charge in [0, 0.05) is 0 Å². The molecule has 0 spiro atoms.